The number of nitrogens with one attached hydrogen (secondary N) is 1. The lowest BCUT2D eigenvalue weighted by Gasteiger charge is -2.23. The third-order valence-electron chi connectivity index (χ3n) is 3.86. The number of rotatable bonds is 5. The Morgan fingerprint density at radius 3 is 2.95 bits per heavy atom. The van der Waals surface area contributed by atoms with Crippen molar-refractivity contribution in [3.05, 3.63) is 28.8 Å². The zero-order valence-corrected chi connectivity index (χ0v) is 12.5. The first-order valence-electron chi connectivity index (χ1n) is 7.04. The fourth-order valence-corrected chi connectivity index (χ4v) is 2.81. The second-order valence-corrected chi connectivity index (χ2v) is 5.73. The first-order chi connectivity index (χ1) is 9.11. The zero-order chi connectivity index (χ0) is 13.8. The summed E-state index contributed by atoms with van der Waals surface area (Å²) < 4.78 is 0. The molecule has 1 fully saturated rings. The summed E-state index contributed by atoms with van der Waals surface area (Å²) in [5.74, 6) is 0.367. The first-order valence-corrected chi connectivity index (χ1v) is 7.41. The Hall–Kier alpha value is -0.770. The predicted octanol–water partition coefficient (Wildman–Crippen LogP) is 2.66. The molecule has 2 N–H and O–H groups in total. The molecule has 4 heteroatoms. The van der Waals surface area contributed by atoms with Gasteiger partial charge in [-0.15, -0.1) is 0 Å². The number of aliphatic hydroxyl groups excluding tert-OH is 1. The molecule has 106 valence electrons. The van der Waals surface area contributed by atoms with E-state index >= 15 is 0 Å². The van der Waals surface area contributed by atoms with Gasteiger partial charge in [0.05, 0.1) is 6.10 Å². The molecule has 0 aromatic heterocycles. The van der Waals surface area contributed by atoms with Crippen molar-refractivity contribution < 1.29 is 5.11 Å². The average Bonchev–Trinajstić information content (AvgIpc) is 2.87. The summed E-state index contributed by atoms with van der Waals surface area (Å²) >= 11 is 6.13. The highest BCUT2D eigenvalue weighted by Gasteiger charge is 2.27. The first kappa shape index (κ1) is 14.6. The van der Waals surface area contributed by atoms with Crippen LogP contribution in [0.5, 0.6) is 0 Å². The fraction of sp³-hybridized carbons (Fsp3) is 0.600. The quantitative estimate of drug-likeness (QED) is 0.872. The van der Waals surface area contributed by atoms with E-state index < -0.39 is 0 Å². The number of aliphatic hydroxyl groups is 1. The van der Waals surface area contributed by atoms with Crippen molar-refractivity contribution >= 4 is 17.3 Å². The van der Waals surface area contributed by atoms with Gasteiger partial charge in [-0.2, -0.15) is 0 Å². The zero-order valence-electron chi connectivity index (χ0n) is 11.7. The number of nitrogens with zero attached hydrogens (tertiary/aromatic N) is 1. The van der Waals surface area contributed by atoms with Crippen LogP contribution in [0.2, 0.25) is 5.02 Å². The summed E-state index contributed by atoms with van der Waals surface area (Å²) in [5.41, 5.74) is 2.48. The molecule has 2 unspecified atom stereocenters. The second kappa shape index (κ2) is 6.60. The fourth-order valence-electron chi connectivity index (χ4n) is 2.64. The van der Waals surface area contributed by atoms with Gasteiger partial charge in [0.1, 0.15) is 0 Å². The van der Waals surface area contributed by atoms with Crippen LogP contribution in [0.3, 0.4) is 0 Å². The van der Waals surface area contributed by atoms with Gasteiger partial charge < -0.3 is 15.3 Å². The molecule has 2 rings (SSSR count). The largest absolute Gasteiger partial charge is 0.393 e. The van der Waals surface area contributed by atoms with Crippen LogP contribution >= 0.6 is 11.6 Å². The van der Waals surface area contributed by atoms with Crippen LogP contribution in [-0.4, -0.2) is 30.8 Å². The highest BCUT2D eigenvalue weighted by Crippen LogP contribution is 2.30. The number of anilines is 1. The molecular formula is C15H23ClN2O. The third kappa shape index (κ3) is 3.62. The minimum Gasteiger partial charge on any atom is -0.393 e. The number of halogens is 1. The highest BCUT2D eigenvalue weighted by molar-refractivity contribution is 6.30. The SMILES string of the molecule is CCNCc1ccc(Cl)cc1N1CCC(C(C)O)C1. The van der Waals surface area contributed by atoms with Gasteiger partial charge >= 0.3 is 0 Å². The number of benzene rings is 1. The Kier molecular flexibility index (Phi) is 5.08. The number of hydrogen-bond donors (Lipinski definition) is 2. The van der Waals surface area contributed by atoms with Crippen molar-refractivity contribution in [1.82, 2.24) is 5.32 Å². The van der Waals surface area contributed by atoms with Crippen molar-refractivity contribution in [2.24, 2.45) is 5.92 Å². The van der Waals surface area contributed by atoms with Crippen LogP contribution in [0, 0.1) is 5.92 Å². The summed E-state index contributed by atoms with van der Waals surface area (Å²) in [5, 5.41) is 13.9. The van der Waals surface area contributed by atoms with Crippen LogP contribution in [0.15, 0.2) is 18.2 Å². The molecule has 0 spiro atoms. The lowest BCUT2D eigenvalue weighted by Crippen LogP contribution is -2.25. The van der Waals surface area contributed by atoms with Crippen LogP contribution in [-0.2, 0) is 6.54 Å². The maximum absolute atomic E-state index is 9.72. The summed E-state index contributed by atoms with van der Waals surface area (Å²) in [7, 11) is 0. The van der Waals surface area contributed by atoms with Crippen molar-refractivity contribution in [2.75, 3.05) is 24.5 Å². The summed E-state index contributed by atoms with van der Waals surface area (Å²) in [6.45, 7) is 7.71. The second-order valence-electron chi connectivity index (χ2n) is 5.29. The molecule has 3 nitrogen and oxygen atoms in total. The van der Waals surface area contributed by atoms with E-state index in [0.29, 0.717) is 5.92 Å². The van der Waals surface area contributed by atoms with Crippen molar-refractivity contribution in [3.63, 3.8) is 0 Å². The molecule has 1 saturated heterocycles. The Bertz CT molecular complexity index is 423. The van der Waals surface area contributed by atoms with E-state index in [2.05, 4.69) is 23.2 Å². The highest BCUT2D eigenvalue weighted by atomic mass is 35.5. The number of hydrogen-bond acceptors (Lipinski definition) is 3. The molecule has 0 aliphatic carbocycles. The third-order valence-corrected chi connectivity index (χ3v) is 4.10. The molecule has 1 heterocycles. The molecule has 0 amide bonds. The molecule has 1 aliphatic rings. The van der Waals surface area contributed by atoms with Crippen LogP contribution in [0.1, 0.15) is 25.8 Å². The molecule has 1 aromatic rings. The average molecular weight is 283 g/mol. The molecule has 0 radical (unpaired) electrons. The predicted molar refractivity (Wildman–Crippen MR) is 80.8 cm³/mol. The van der Waals surface area contributed by atoms with Gasteiger partial charge in [-0.3, -0.25) is 0 Å². The summed E-state index contributed by atoms with van der Waals surface area (Å²) in [6, 6.07) is 6.08. The Morgan fingerprint density at radius 1 is 1.53 bits per heavy atom. The van der Waals surface area contributed by atoms with Crippen molar-refractivity contribution in [2.45, 2.75) is 32.9 Å². The van der Waals surface area contributed by atoms with E-state index in [1.54, 1.807) is 0 Å². The molecular weight excluding hydrogens is 260 g/mol. The van der Waals surface area contributed by atoms with E-state index in [0.717, 1.165) is 37.6 Å². The van der Waals surface area contributed by atoms with Gasteiger partial charge in [-0.05, 0) is 37.6 Å². The van der Waals surface area contributed by atoms with Gasteiger partial charge in [0.25, 0.3) is 0 Å². The van der Waals surface area contributed by atoms with Gasteiger partial charge in [-0.25, -0.2) is 0 Å². The lowest BCUT2D eigenvalue weighted by atomic mass is 10.0. The topological polar surface area (TPSA) is 35.5 Å². The molecule has 1 aromatic carbocycles. The van der Waals surface area contributed by atoms with Crippen LogP contribution in [0.25, 0.3) is 0 Å². The molecule has 0 bridgehead atoms. The maximum atomic E-state index is 9.72. The lowest BCUT2D eigenvalue weighted by molar-refractivity contribution is 0.136. The monoisotopic (exact) mass is 282 g/mol. The van der Waals surface area contributed by atoms with Crippen LogP contribution in [0.4, 0.5) is 5.69 Å². The molecule has 1 aliphatic heterocycles. The standard InChI is InChI=1S/C15H23ClN2O/c1-3-17-9-12-4-5-14(16)8-15(12)18-7-6-13(10-18)11(2)19/h4-5,8,11,13,17,19H,3,6-7,9-10H2,1-2H3. The normalized spacial score (nSPS) is 20.8. The van der Waals surface area contributed by atoms with E-state index in [-0.39, 0.29) is 6.10 Å². The summed E-state index contributed by atoms with van der Waals surface area (Å²) in [6.07, 6.45) is 0.812. The Morgan fingerprint density at radius 2 is 2.32 bits per heavy atom. The van der Waals surface area contributed by atoms with Crippen molar-refractivity contribution in [1.29, 1.82) is 0 Å². The Labute approximate surface area is 120 Å². The van der Waals surface area contributed by atoms with E-state index in [4.69, 9.17) is 11.6 Å². The molecule has 0 saturated carbocycles. The van der Waals surface area contributed by atoms with Crippen molar-refractivity contribution in [3.8, 4) is 0 Å². The minimum absolute atomic E-state index is 0.235. The molecule has 2 atom stereocenters. The van der Waals surface area contributed by atoms with Gasteiger partial charge in [0.2, 0.25) is 0 Å². The minimum atomic E-state index is -0.235. The summed E-state index contributed by atoms with van der Waals surface area (Å²) in [4.78, 5) is 2.34. The van der Waals surface area contributed by atoms with E-state index in [9.17, 15) is 5.11 Å². The van der Waals surface area contributed by atoms with Crippen LogP contribution < -0.4 is 10.2 Å². The van der Waals surface area contributed by atoms with Gasteiger partial charge in [-0.1, -0.05) is 24.6 Å². The smallest absolute Gasteiger partial charge is 0.0557 e. The van der Waals surface area contributed by atoms with E-state index in [1.165, 1.54) is 11.3 Å². The van der Waals surface area contributed by atoms with Gasteiger partial charge in [0, 0.05) is 36.3 Å². The Balaban J connectivity index is 2.16. The van der Waals surface area contributed by atoms with E-state index in [1.807, 2.05) is 19.1 Å². The maximum Gasteiger partial charge on any atom is 0.0557 e. The van der Waals surface area contributed by atoms with Gasteiger partial charge in [0.15, 0.2) is 0 Å². The molecule has 19 heavy (non-hydrogen) atoms.